The molecule has 5 rings (SSSR count). The van der Waals surface area contributed by atoms with Gasteiger partial charge in [-0.05, 0) is 169 Å². The summed E-state index contributed by atoms with van der Waals surface area (Å²) in [5.74, 6) is -7.26. The number of ether oxygens (including phenoxy) is 3. The predicted molar refractivity (Wildman–Crippen MR) is 339 cm³/mol. The van der Waals surface area contributed by atoms with Crippen LogP contribution in [0.15, 0.2) is 103 Å². The van der Waals surface area contributed by atoms with Crippen molar-refractivity contribution < 1.29 is 67.6 Å². The number of rotatable bonds is 37. The molecule has 0 radical (unpaired) electrons. The number of benzene rings is 5. The fourth-order valence-corrected chi connectivity index (χ4v) is 9.36. The number of methoxy groups -OCH3 is 3. The van der Waals surface area contributed by atoms with E-state index in [1.165, 1.54) is 82.0 Å². The maximum absolute atomic E-state index is 14.2. The molecular weight excluding hydrogens is 1160 g/mol. The third-order valence-electron chi connectivity index (χ3n) is 14.3. The average Bonchev–Trinajstić information content (AvgIpc) is 1.30. The summed E-state index contributed by atoms with van der Waals surface area (Å²) in [6, 6.07) is 19.4. The molecule has 484 valence electrons. The highest BCUT2D eigenvalue weighted by molar-refractivity contribution is 6.08. The van der Waals surface area contributed by atoms with E-state index in [4.69, 9.17) is 42.9 Å². The number of carbonyl (C=O) groups is 9. The van der Waals surface area contributed by atoms with Crippen LogP contribution in [0.2, 0.25) is 0 Å². The minimum Gasteiger partial charge on any atom is -0.507 e. The Bertz CT molecular complexity index is 3280. The van der Waals surface area contributed by atoms with E-state index in [1.54, 1.807) is 36.4 Å². The largest absolute Gasteiger partial charge is 0.507 e. The normalized spacial score (nSPS) is 12.5. The van der Waals surface area contributed by atoms with Gasteiger partial charge in [0.15, 0.2) is 0 Å². The number of unbranched alkanes of at least 4 members (excludes halogenated alkanes) is 3. The Morgan fingerprint density at radius 2 is 0.744 bits per heavy atom. The molecule has 20 N–H and O–H groups in total. The fraction of sp³-hybridized carbons (Fsp3) is 0.381. The minimum absolute atomic E-state index is 0.00640. The highest BCUT2D eigenvalue weighted by atomic mass is 16.5. The van der Waals surface area contributed by atoms with Gasteiger partial charge in [-0.3, -0.25) is 38.4 Å². The van der Waals surface area contributed by atoms with Crippen LogP contribution < -0.4 is 85.4 Å². The molecule has 5 atom stereocenters. The van der Waals surface area contributed by atoms with Crippen LogP contribution in [-0.4, -0.2) is 141 Å². The molecule has 27 nitrogen and oxygen atoms in total. The third kappa shape index (κ3) is 21.6. The molecular formula is C63H83N13O14. The van der Waals surface area contributed by atoms with Crippen LogP contribution in [0.25, 0.3) is 0 Å². The molecule has 0 fully saturated rings. The number of carbonyl (C=O) groups excluding carboxylic acids is 8. The Balaban J connectivity index is 1.30. The first-order valence-corrected chi connectivity index (χ1v) is 29.4. The second-order valence-electron chi connectivity index (χ2n) is 21.0. The summed E-state index contributed by atoms with van der Waals surface area (Å²) >= 11 is 0. The summed E-state index contributed by atoms with van der Waals surface area (Å²) in [7, 11) is 4.00. The number of phenols is 1. The molecule has 0 bridgehead atoms. The van der Waals surface area contributed by atoms with Gasteiger partial charge in [-0.25, -0.2) is 4.79 Å². The van der Waals surface area contributed by atoms with Gasteiger partial charge < -0.3 is 95.6 Å². The molecule has 0 aliphatic carbocycles. The number of aliphatic carboxylic acids is 1. The number of hydrogen-bond acceptors (Lipinski definition) is 18. The third-order valence-corrected chi connectivity index (χ3v) is 14.3. The Kier molecular flexibility index (Phi) is 28.9. The van der Waals surface area contributed by atoms with Crippen LogP contribution in [0.4, 0.5) is 22.7 Å². The molecule has 27 heteroatoms. The molecule has 5 aromatic carbocycles. The van der Waals surface area contributed by atoms with Crippen molar-refractivity contribution >= 4 is 76.0 Å². The van der Waals surface area contributed by atoms with E-state index in [0.29, 0.717) is 63.5 Å². The molecule has 0 saturated heterocycles. The van der Waals surface area contributed by atoms with Crippen LogP contribution in [0.1, 0.15) is 118 Å². The molecule has 90 heavy (non-hydrogen) atoms. The number of hydrogen-bond donors (Lipinski definition) is 15. The standard InChI is InChI=1S/C63H83N13O14/c1-88-52-25-21-39(69-59(82)46(68)16-7-10-28-64)34-43(52)57(80)75-49(19-13-31-67)62(85)72-40-22-26-53(89-2)44(35-40)56(79)74-48(18-9-12-30-66)61(84)70-38-20-24-51(77)42(33-38)55(78)73-47(17-8-11-29-65)60(83)71-41-23-27-54(90-3)45(36-41)58(81)76-50(63(86)87)32-37-14-5-4-6-15-37/h4-6,14-15,20-27,33-36,46-50,77H,7-13,16-19,28-32,64-68H2,1-3H3,(H,69,82)(H,70,84)(H,71,83)(H,72,85)(H,73,78)(H,74,79)(H,75,80)(H,76,81)(H,86,87). The van der Waals surface area contributed by atoms with Crippen LogP contribution in [-0.2, 0) is 30.4 Å². The van der Waals surface area contributed by atoms with Crippen molar-refractivity contribution in [2.45, 2.75) is 107 Å². The van der Waals surface area contributed by atoms with Crippen LogP contribution in [0, 0.1) is 0 Å². The lowest BCUT2D eigenvalue weighted by molar-refractivity contribution is -0.139. The first-order chi connectivity index (χ1) is 43.3. The SMILES string of the molecule is COc1ccc(NC(=O)C(CCCCN)NC(=O)c2cc(NC(=O)C(CCCCN)NC(=O)c3cc(NC(=O)C(CCCN)NC(=O)c4cc(NC(=O)C(N)CCCCN)ccc4OC)ccc3OC)ccc2O)cc1C(=O)NC(Cc1ccccc1)C(=O)O. The smallest absolute Gasteiger partial charge is 0.326 e. The zero-order valence-electron chi connectivity index (χ0n) is 50.7. The van der Waals surface area contributed by atoms with Crippen molar-refractivity contribution in [2.24, 2.45) is 28.7 Å². The predicted octanol–water partition coefficient (Wildman–Crippen LogP) is 3.45. The van der Waals surface area contributed by atoms with Gasteiger partial charge in [0.05, 0.1) is 49.6 Å². The summed E-state index contributed by atoms with van der Waals surface area (Å²) in [6.45, 7) is 1.20. The molecule has 5 aromatic rings. The highest BCUT2D eigenvalue weighted by Crippen LogP contribution is 2.28. The van der Waals surface area contributed by atoms with Gasteiger partial charge in [-0.2, -0.15) is 0 Å². The Morgan fingerprint density at radius 1 is 0.411 bits per heavy atom. The molecule has 8 amide bonds. The van der Waals surface area contributed by atoms with E-state index < -0.39 is 89.2 Å². The zero-order chi connectivity index (χ0) is 65.7. The average molecular weight is 1250 g/mol. The van der Waals surface area contributed by atoms with E-state index in [9.17, 15) is 53.4 Å². The van der Waals surface area contributed by atoms with Crippen molar-refractivity contribution in [3.8, 4) is 23.0 Å². The van der Waals surface area contributed by atoms with Crippen LogP contribution >= 0.6 is 0 Å². The minimum atomic E-state index is -1.31. The Labute approximate surface area is 521 Å². The number of nitrogens with one attached hydrogen (secondary N) is 8. The number of phenolic OH excluding ortho intramolecular Hbond substituents is 1. The molecule has 5 unspecified atom stereocenters. The summed E-state index contributed by atoms with van der Waals surface area (Å²) in [5.41, 5.74) is 29.7. The van der Waals surface area contributed by atoms with Gasteiger partial charge in [0, 0.05) is 29.2 Å². The van der Waals surface area contributed by atoms with Crippen molar-refractivity contribution in [1.29, 1.82) is 0 Å². The van der Waals surface area contributed by atoms with Gasteiger partial charge in [0.25, 0.3) is 23.6 Å². The Hall–Kier alpha value is -9.67. The first-order valence-electron chi connectivity index (χ1n) is 29.4. The molecule has 0 aliphatic rings. The second kappa shape index (κ2) is 36.6. The van der Waals surface area contributed by atoms with Gasteiger partial charge >= 0.3 is 5.97 Å². The van der Waals surface area contributed by atoms with Crippen molar-refractivity contribution in [3.05, 3.63) is 131 Å². The maximum atomic E-state index is 14.2. The molecule has 0 saturated carbocycles. The topological polar surface area (TPSA) is 448 Å². The fourth-order valence-electron chi connectivity index (χ4n) is 9.36. The first kappa shape index (κ1) is 71.1. The summed E-state index contributed by atoms with van der Waals surface area (Å²) in [4.78, 5) is 123. The number of amides is 8. The van der Waals surface area contributed by atoms with Gasteiger partial charge in [0.2, 0.25) is 23.6 Å². The van der Waals surface area contributed by atoms with E-state index in [1.807, 2.05) is 0 Å². The number of carboxylic acid groups (broad SMARTS) is 1. The monoisotopic (exact) mass is 1250 g/mol. The van der Waals surface area contributed by atoms with Gasteiger partial charge in [-0.15, -0.1) is 0 Å². The lowest BCUT2D eigenvalue weighted by atomic mass is 10.0. The van der Waals surface area contributed by atoms with Crippen molar-refractivity contribution in [1.82, 2.24) is 21.3 Å². The lowest BCUT2D eigenvalue weighted by Gasteiger charge is -2.21. The van der Waals surface area contributed by atoms with Crippen molar-refractivity contribution in [2.75, 3.05) is 68.8 Å². The molecule has 0 spiro atoms. The number of carboxylic acids is 1. The van der Waals surface area contributed by atoms with Gasteiger partial charge in [-0.1, -0.05) is 36.8 Å². The number of aromatic hydroxyl groups is 1. The van der Waals surface area contributed by atoms with Gasteiger partial charge in [0.1, 0.15) is 47.2 Å². The molecule has 0 aromatic heterocycles. The van der Waals surface area contributed by atoms with E-state index >= 15 is 0 Å². The molecule has 0 aliphatic heterocycles. The lowest BCUT2D eigenvalue weighted by Crippen LogP contribution is -2.44. The van der Waals surface area contributed by atoms with Crippen molar-refractivity contribution in [3.63, 3.8) is 0 Å². The quantitative estimate of drug-likeness (QED) is 0.0200. The maximum Gasteiger partial charge on any atom is 0.326 e. The van der Waals surface area contributed by atoms with E-state index in [2.05, 4.69) is 42.5 Å². The molecule has 0 heterocycles. The highest BCUT2D eigenvalue weighted by Gasteiger charge is 2.30. The van der Waals surface area contributed by atoms with Crippen LogP contribution in [0.3, 0.4) is 0 Å². The van der Waals surface area contributed by atoms with E-state index in [-0.39, 0.29) is 108 Å². The summed E-state index contributed by atoms with van der Waals surface area (Å²) in [6.07, 6.45) is 4.05. The summed E-state index contributed by atoms with van der Waals surface area (Å²) in [5, 5.41) is 42.4. The van der Waals surface area contributed by atoms with E-state index in [0.717, 1.165) is 6.07 Å². The summed E-state index contributed by atoms with van der Waals surface area (Å²) < 4.78 is 16.3. The Morgan fingerprint density at radius 3 is 1.12 bits per heavy atom. The number of nitrogens with two attached hydrogens (primary N) is 5. The second-order valence-corrected chi connectivity index (χ2v) is 21.0. The number of anilines is 4. The van der Waals surface area contributed by atoms with Crippen LogP contribution in [0.5, 0.6) is 23.0 Å². The zero-order valence-corrected chi connectivity index (χ0v) is 50.7.